The Morgan fingerprint density at radius 3 is 2.15 bits per heavy atom. The van der Waals surface area contributed by atoms with Crippen LogP contribution in [-0.4, -0.2) is 57.4 Å². The highest BCUT2D eigenvalue weighted by Gasteiger charge is 2.32. The highest BCUT2D eigenvalue weighted by molar-refractivity contribution is 7.92. The van der Waals surface area contributed by atoms with Crippen molar-refractivity contribution in [1.29, 1.82) is 0 Å². The fraction of sp³-hybridized carbons (Fsp3) is 0.333. The number of nitrogens with one attached hydrogen (secondary N) is 1. The van der Waals surface area contributed by atoms with Gasteiger partial charge >= 0.3 is 0 Å². The topological polar surface area (TPSA) is 96.0 Å². The molecule has 208 valence electrons. The minimum absolute atomic E-state index is 0.0342. The summed E-state index contributed by atoms with van der Waals surface area (Å²) < 4.78 is 34.3. The molecule has 3 aromatic rings. The summed E-state index contributed by atoms with van der Waals surface area (Å²) in [5, 5.41) is 2.77. The smallest absolute Gasteiger partial charge is 0.264 e. The molecule has 0 aliphatic carbocycles. The predicted molar refractivity (Wildman–Crippen MR) is 153 cm³/mol. The highest BCUT2D eigenvalue weighted by atomic mass is 32.2. The SMILES string of the molecule is CCNC(=O)[C@H](C)N(CCc1ccccc1)C(=O)CN(c1ccc(C)cc1)S(=O)(=O)c1ccc(OCC)cc1. The standard InChI is InChI=1S/C30H37N3O5S/c1-5-31-30(35)24(4)32(21-20-25-10-8-7-9-11-25)29(34)22-33(26-14-12-23(3)13-15-26)39(36,37)28-18-16-27(17-19-28)38-6-2/h7-19,24H,5-6,20-22H2,1-4H3,(H,31,35)/t24-/m0/s1. The molecule has 0 saturated heterocycles. The van der Waals surface area contributed by atoms with Gasteiger partial charge in [0.15, 0.2) is 0 Å². The van der Waals surface area contributed by atoms with Crippen LogP contribution >= 0.6 is 0 Å². The van der Waals surface area contributed by atoms with Gasteiger partial charge in [0, 0.05) is 13.1 Å². The third-order valence-corrected chi connectivity index (χ3v) is 8.11. The zero-order chi connectivity index (χ0) is 28.4. The van der Waals surface area contributed by atoms with Crippen molar-refractivity contribution in [2.45, 2.75) is 45.1 Å². The summed E-state index contributed by atoms with van der Waals surface area (Å²) in [4.78, 5) is 28.0. The van der Waals surface area contributed by atoms with Gasteiger partial charge in [0.05, 0.1) is 17.2 Å². The number of rotatable bonds is 13. The predicted octanol–water partition coefficient (Wildman–Crippen LogP) is 4.18. The van der Waals surface area contributed by atoms with Crippen molar-refractivity contribution in [3.63, 3.8) is 0 Å². The molecule has 9 heteroatoms. The number of anilines is 1. The van der Waals surface area contributed by atoms with E-state index < -0.39 is 28.5 Å². The third-order valence-electron chi connectivity index (χ3n) is 6.33. The monoisotopic (exact) mass is 551 g/mol. The largest absolute Gasteiger partial charge is 0.494 e. The van der Waals surface area contributed by atoms with Gasteiger partial charge in [-0.15, -0.1) is 0 Å². The van der Waals surface area contributed by atoms with Crippen LogP contribution < -0.4 is 14.4 Å². The Bertz CT molecular complexity index is 1330. The number of sulfonamides is 1. The van der Waals surface area contributed by atoms with Crippen LogP contribution in [0.15, 0.2) is 83.8 Å². The number of hydrogen-bond donors (Lipinski definition) is 1. The first kappa shape index (κ1) is 29.7. The normalized spacial score (nSPS) is 11.9. The fourth-order valence-corrected chi connectivity index (χ4v) is 5.55. The van der Waals surface area contributed by atoms with Crippen LogP contribution in [0.2, 0.25) is 0 Å². The Balaban J connectivity index is 1.96. The molecular formula is C30H37N3O5S. The molecule has 0 radical (unpaired) electrons. The lowest BCUT2D eigenvalue weighted by Gasteiger charge is -2.32. The van der Waals surface area contributed by atoms with Crippen molar-refractivity contribution in [2.24, 2.45) is 0 Å². The molecule has 3 rings (SSSR count). The maximum atomic E-state index is 13.9. The van der Waals surface area contributed by atoms with Crippen molar-refractivity contribution in [2.75, 3.05) is 30.5 Å². The molecular weight excluding hydrogens is 514 g/mol. The lowest BCUT2D eigenvalue weighted by atomic mass is 10.1. The number of carbonyl (C=O) groups is 2. The van der Waals surface area contributed by atoms with Gasteiger partial charge in [-0.25, -0.2) is 8.42 Å². The second-order valence-corrected chi connectivity index (χ2v) is 11.0. The molecule has 0 unspecified atom stereocenters. The van der Waals surface area contributed by atoms with Gasteiger partial charge in [0.1, 0.15) is 18.3 Å². The first-order valence-electron chi connectivity index (χ1n) is 13.1. The summed E-state index contributed by atoms with van der Waals surface area (Å²) in [6.45, 7) is 7.89. The number of amides is 2. The zero-order valence-electron chi connectivity index (χ0n) is 23.0. The van der Waals surface area contributed by atoms with Gasteiger partial charge < -0.3 is 15.0 Å². The molecule has 2 amide bonds. The number of hydrogen-bond acceptors (Lipinski definition) is 5. The van der Waals surface area contributed by atoms with Gasteiger partial charge in [0.2, 0.25) is 11.8 Å². The molecule has 1 N–H and O–H groups in total. The zero-order valence-corrected chi connectivity index (χ0v) is 23.8. The Kier molecular flexibility index (Phi) is 10.5. The van der Waals surface area contributed by atoms with E-state index in [2.05, 4.69) is 5.32 Å². The Hall–Kier alpha value is -3.85. The van der Waals surface area contributed by atoms with Crippen LogP contribution in [0.1, 0.15) is 31.9 Å². The molecule has 3 aromatic carbocycles. The van der Waals surface area contributed by atoms with E-state index in [9.17, 15) is 18.0 Å². The van der Waals surface area contributed by atoms with Gasteiger partial charge in [-0.2, -0.15) is 0 Å². The van der Waals surface area contributed by atoms with E-state index in [0.717, 1.165) is 15.4 Å². The van der Waals surface area contributed by atoms with Crippen LogP contribution in [0.4, 0.5) is 5.69 Å². The summed E-state index contributed by atoms with van der Waals surface area (Å²) in [5.74, 6) is -0.216. The van der Waals surface area contributed by atoms with Crippen LogP contribution in [-0.2, 0) is 26.0 Å². The van der Waals surface area contributed by atoms with Gasteiger partial charge in [0.25, 0.3) is 10.0 Å². The number of aryl methyl sites for hydroxylation is 1. The number of likely N-dealkylation sites (N-methyl/N-ethyl adjacent to an activating group) is 1. The average molecular weight is 552 g/mol. The Morgan fingerprint density at radius 1 is 0.923 bits per heavy atom. The van der Waals surface area contributed by atoms with Crippen LogP contribution in [0.5, 0.6) is 5.75 Å². The molecule has 39 heavy (non-hydrogen) atoms. The Labute approximate surface area is 231 Å². The van der Waals surface area contributed by atoms with Crippen LogP contribution in [0, 0.1) is 6.92 Å². The van der Waals surface area contributed by atoms with Crippen molar-refractivity contribution >= 4 is 27.5 Å². The van der Waals surface area contributed by atoms with Crippen molar-refractivity contribution in [3.05, 3.63) is 90.0 Å². The maximum Gasteiger partial charge on any atom is 0.264 e. The minimum atomic E-state index is -4.12. The van der Waals surface area contributed by atoms with E-state index in [1.165, 1.54) is 17.0 Å². The van der Waals surface area contributed by atoms with E-state index in [-0.39, 0.29) is 17.3 Å². The molecule has 0 bridgehead atoms. The van der Waals surface area contributed by atoms with Gasteiger partial charge in [-0.3, -0.25) is 13.9 Å². The molecule has 0 aliphatic heterocycles. The van der Waals surface area contributed by atoms with E-state index in [1.807, 2.05) is 51.1 Å². The van der Waals surface area contributed by atoms with E-state index >= 15 is 0 Å². The molecule has 8 nitrogen and oxygen atoms in total. The fourth-order valence-electron chi connectivity index (χ4n) is 4.13. The van der Waals surface area contributed by atoms with E-state index in [0.29, 0.717) is 31.0 Å². The second kappa shape index (κ2) is 13.8. The third kappa shape index (κ3) is 7.83. The molecule has 0 aliphatic rings. The van der Waals surface area contributed by atoms with Gasteiger partial charge in [-0.05, 0) is 76.1 Å². The van der Waals surface area contributed by atoms with Crippen molar-refractivity contribution < 1.29 is 22.7 Å². The number of carbonyl (C=O) groups excluding carboxylic acids is 2. The summed E-state index contributed by atoms with van der Waals surface area (Å²) >= 11 is 0. The minimum Gasteiger partial charge on any atom is -0.494 e. The number of ether oxygens (including phenoxy) is 1. The molecule has 0 fully saturated rings. The lowest BCUT2D eigenvalue weighted by molar-refractivity contribution is -0.138. The summed E-state index contributed by atoms with van der Waals surface area (Å²) in [7, 11) is -4.12. The van der Waals surface area contributed by atoms with Crippen molar-refractivity contribution in [1.82, 2.24) is 10.2 Å². The van der Waals surface area contributed by atoms with Crippen LogP contribution in [0.3, 0.4) is 0 Å². The average Bonchev–Trinajstić information content (AvgIpc) is 2.93. The molecule has 0 spiro atoms. The second-order valence-electron chi connectivity index (χ2n) is 9.14. The van der Waals surface area contributed by atoms with E-state index in [4.69, 9.17) is 4.74 Å². The quantitative estimate of drug-likeness (QED) is 0.344. The number of benzene rings is 3. The summed E-state index contributed by atoms with van der Waals surface area (Å²) in [6.07, 6.45) is 0.520. The highest BCUT2D eigenvalue weighted by Crippen LogP contribution is 2.26. The first-order chi connectivity index (χ1) is 18.7. The van der Waals surface area contributed by atoms with Crippen molar-refractivity contribution in [3.8, 4) is 5.75 Å². The summed E-state index contributed by atoms with van der Waals surface area (Å²) in [5.41, 5.74) is 2.32. The summed E-state index contributed by atoms with van der Waals surface area (Å²) in [6, 6.07) is 21.9. The Morgan fingerprint density at radius 2 is 1.56 bits per heavy atom. The maximum absolute atomic E-state index is 13.9. The van der Waals surface area contributed by atoms with E-state index in [1.54, 1.807) is 43.3 Å². The molecule has 0 heterocycles. The molecule has 0 saturated carbocycles. The van der Waals surface area contributed by atoms with Crippen LogP contribution in [0.25, 0.3) is 0 Å². The molecule has 1 atom stereocenters. The first-order valence-corrected chi connectivity index (χ1v) is 14.5. The van der Waals surface area contributed by atoms with Gasteiger partial charge in [-0.1, -0.05) is 48.0 Å². The number of nitrogens with zero attached hydrogens (tertiary/aromatic N) is 2. The molecule has 0 aromatic heterocycles. The lowest BCUT2D eigenvalue weighted by Crippen LogP contribution is -2.52.